The van der Waals surface area contributed by atoms with Crippen molar-refractivity contribution in [1.82, 2.24) is 4.90 Å². The molecule has 22 heavy (non-hydrogen) atoms. The van der Waals surface area contributed by atoms with E-state index in [0.717, 1.165) is 6.42 Å². The van der Waals surface area contributed by atoms with Gasteiger partial charge in [0.15, 0.2) is 0 Å². The number of nitro benzene ring substituents is 1. The fraction of sp³-hybridized carbons (Fsp3) is 0.429. The van der Waals surface area contributed by atoms with Crippen LogP contribution in [0.1, 0.15) is 20.3 Å². The second-order valence-corrected chi connectivity index (χ2v) is 4.83. The Bertz CT molecular complexity index is 544. The first-order chi connectivity index (χ1) is 10.3. The molecule has 1 aromatic carbocycles. The normalized spacial score (nSPS) is 12.0. The lowest BCUT2D eigenvalue weighted by atomic mass is 10.2. The molecule has 8 nitrogen and oxygen atoms in total. The van der Waals surface area contributed by atoms with Gasteiger partial charge in [-0.05, 0) is 32.0 Å². The zero-order chi connectivity index (χ0) is 16.7. The van der Waals surface area contributed by atoms with Crippen molar-refractivity contribution in [2.45, 2.75) is 26.3 Å². The zero-order valence-electron chi connectivity index (χ0n) is 12.5. The second-order valence-electron chi connectivity index (χ2n) is 4.83. The molecular weight excluding hydrogens is 290 g/mol. The van der Waals surface area contributed by atoms with E-state index in [1.54, 1.807) is 11.8 Å². The number of hydrogen-bond donors (Lipinski definition) is 2. The number of carbonyl (C=O) groups is 2. The first-order valence-corrected chi connectivity index (χ1v) is 6.86. The average Bonchev–Trinajstić information content (AvgIpc) is 2.46. The molecule has 1 atom stereocenters. The van der Waals surface area contributed by atoms with Crippen LogP contribution in [0.3, 0.4) is 0 Å². The number of rotatable bonds is 8. The van der Waals surface area contributed by atoms with E-state index in [1.165, 1.54) is 24.3 Å². The summed E-state index contributed by atoms with van der Waals surface area (Å²) in [5, 5.41) is 22.1. The minimum Gasteiger partial charge on any atom is -0.480 e. The Morgan fingerprint density at radius 2 is 1.95 bits per heavy atom. The number of anilines is 1. The maximum Gasteiger partial charge on any atom is 0.317 e. The third kappa shape index (κ3) is 5.13. The van der Waals surface area contributed by atoms with Gasteiger partial charge in [0.1, 0.15) is 0 Å². The lowest BCUT2D eigenvalue weighted by Crippen LogP contribution is -2.44. The highest BCUT2D eigenvalue weighted by Crippen LogP contribution is 2.16. The van der Waals surface area contributed by atoms with E-state index < -0.39 is 16.9 Å². The quantitative estimate of drug-likeness (QED) is 0.558. The number of hydrogen-bond acceptors (Lipinski definition) is 5. The van der Waals surface area contributed by atoms with Gasteiger partial charge in [-0.1, -0.05) is 6.92 Å². The molecule has 2 N–H and O–H groups in total. The van der Waals surface area contributed by atoms with E-state index >= 15 is 0 Å². The molecule has 1 amide bonds. The maximum absolute atomic E-state index is 12.1. The Balaban J connectivity index is 2.72. The van der Waals surface area contributed by atoms with Crippen molar-refractivity contribution < 1.29 is 19.6 Å². The number of carbonyl (C=O) groups excluding carboxylic acids is 1. The summed E-state index contributed by atoms with van der Waals surface area (Å²) in [5.74, 6) is -1.35. The van der Waals surface area contributed by atoms with Gasteiger partial charge in [0, 0.05) is 17.8 Å². The number of nitrogens with one attached hydrogen (secondary N) is 1. The third-order valence-corrected chi connectivity index (χ3v) is 3.12. The highest BCUT2D eigenvalue weighted by Gasteiger charge is 2.22. The van der Waals surface area contributed by atoms with E-state index in [4.69, 9.17) is 5.11 Å². The zero-order valence-corrected chi connectivity index (χ0v) is 12.5. The molecule has 0 bridgehead atoms. The van der Waals surface area contributed by atoms with Crippen molar-refractivity contribution in [3.8, 4) is 0 Å². The second kappa shape index (κ2) is 8.08. The van der Waals surface area contributed by atoms with Crippen LogP contribution >= 0.6 is 0 Å². The van der Waals surface area contributed by atoms with Crippen molar-refractivity contribution in [2.24, 2.45) is 0 Å². The van der Waals surface area contributed by atoms with E-state index in [2.05, 4.69) is 5.32 Å². The smallest absolute Gasteiger partial charge is 0.317 e. The van der Waals surface area contributed by atoms with Gasteiger partial charge in [-0.15, -0.1) is 0 Å². The van der Waals surface area contributed by atoms with E-state index in [-0.39, 0.29) is 18.1 Å². The lowest BCUT2D eigenvalue weighted by molar-refractivity contribution is -0.384. The van der Waals surface area contributed by atoms with Crippen molar-refractivity contribution in [2.75, 3.05) is 18.4 Å². The van der Waals surface area contributed by atoms with E-state index in [1.807, 2.05) is 6.92 Å². The SMILES string of the molecule is CCCN(CC(=O)O)C(C)C(=O)Nc1ccc([N+](=O)[O-])cc1. The molecule has 1 rings (SSSR count). The number of non-ortho nitro benzene ring substituents is 1. The molecule has 0 aliphatic carbocycles. The molecular formula is C14H19N3O5. The lowest BCUT2D eigenvalue weighted by Gasteiger charge is -2.26. The number of carboxylic acid groups (broad SMARTS) is 1. The molecule has 0 aliphatic rings. The minimum atomic E-state index is -0.997. The molecule has 0 fully saturated rings. The van der Waals surface area contributed by atoms with Gasteiger partial charge in [-0.25, -0.2) is 0 Å². The van der Waals surface area contributed by atoms with Gasteiger partial charge in [0.2, 0.25) is 5.91 Å². The summed E-state index contributed by atoms with van der Waals surface area (Å²) in [6.45, 7) is 3.79. The van der Waals surface area contributed by atoms with Gasteiger partial charge in [-0.3, -0.25) is 24.6 Å². The fourth-order valence-corrected chi connectivity index (χ4v) is 1.95. The average molecular weight is 309 g/mol. The molecule has 0 spiro atoms. The van der Waals surface area contributed by atoms with Crippen LogP contribution in [0.15, 0.2) is 24.3 Å². The Labute approximate surface area is 127 Å². The number of benzene rings is 1. The summed E-state index contributed by atoms with van der Waals surface area (Å²) in [6, 6.07) is 4.84. The molecule has 8 heteroatoms. The molecule has 1 aromatic rings. The molecule has 0 aliphatic heterocycles. The third-order valence-electron chi connectivity index (χ3n) is 3.12. The number of aliphatic carboxylic acids is 1. The predicted octanol–water partition coefficient (Wildman–Crippen LogP) is 1.72. The molecule has 120 valence electrons. The van der Waals surface area contributed by atoms with Crippen molar-refractivity contribution in [1.29, 1.82) is 0 Å². The van der Waals surface area contributed by atoms with Gasteiger partial charge in [0.05, 0.1) is 17.5 Å². The van der Waals surface area contributed by atoms with Gasteiger partial charge in [0.25, 0.3) is 5.69 Å². The van der Waals surface area contributed by atoms with Crippen LogP contribution in [0.2, 0.25) is 0 Å². The van der Waals surface area contributed by atoms with Crippen molar-refractivity contribution >= 4 is 23.3 Å². The van der Waals surface area contributed by atoms with Crippen LogP contribution in [-0.4, -0.2) is 45.9 Å². The van der Waals surface area contributed by atoms with Gasteiger partial charge < -0.3 is 10.4 Å². The standard InChI is InChI=1S/C14H19N3O5/c1-3-8-16(9-13(18)19)10(2)14(20)15-11-4-6-12(7-5-11)17(21)22/h4-7,10H,3,8-9H2,1-2H3,(H,15,20)(H,18,19). The molecule has 1 unspecified atom stereocenters. The van der Waals surface area contributed by atoms with E-state index in [0.29, 0.717) is 12.2 Å². The summed E-state index contributed by atoms with van der Waals surface area (Å²) >= 11 is 0. The summed E-state index contributed by atoms with van der Waals surface area (Å²) in [4.78, 5) is 34.6. The van der Waals surface area contributed by atoms with Crippen LogP contribution in [0.5, 0.6) is 0 Å². The number of carboxylic acids is 1. The molecule has 0 heterocycles. The minimum absolute atomic E-state index is 0.0652. The highest BCUT2D eigenvalue weighted by molar-refractivity contribution is 5.94. The Morgan fingerprint density at radius 1 is 1.36 bits per heavy atom. The number of amides is 1. The summed E-state index contributed by atoms with van der Waals surface area (Å²) in [5.41, 5.74) is 0.360. The molecule has 0 aromatic heterocycles. The highest BCUT2D eigenvalue weighted by atomic mass is 16.6. The number of nitro groups is 1. The first-order valence-electron chi connectivity index (χ1n) is 6.86. The van der Waals surface area contributed by atoms with E-state index in [9.17, 15) is 19.7 Å². The Hall–Kier alpha value is -2.48. The van der Waals surface area contributed by atoms with Gasteiger partial charge in [-0.2, -0.15) is 0 Å². The summed E-state index contributed by atoms with van der Waals surface area (Å²) in [6.07, 6.45) is 0.725. The van der Waals surface area contributed by atoms with Gasteiger partial charge >= 0.3 is 5.97 Å². The fourth-order valence-electron chi connectivity index (χ4n) is 1.95. The van der Waals surface area contributed by atoms with Crippen LogP contribution in [0, 0.1) is 10.1 Å². The van der Waals surface area contributed by atoms with Crippen LogP contribution in [0.4, 0.5) is 11.4 Å². The number of nitrogens with zero attached hydrogens (tertiary/aromatic N) is 2. The monoisotopic (exact) mass is 309 g/mol. The molecule has 0 radical (unpaired) electrons. The van der Waals surface area contributed by atoms with Crippen LogP contribution in [0.25, 0.3) is 0 Å². The van der Waals surface area contributed by atoms with Crippen molar-refractivity contribution in [3.63, 3.8) is 0 Å². The largest absolute Gasteiger partial charge is 0.480 e. The maximum atomic E-state index is 12.1. The van der Waals surface area contributed by atoms with Crippen LogP contribution in [-0.2, 0) is 9.59 Å². The first kappa shape index (κ1) is 17.6. The summed E-state index contributed by atoms with van der Waals surface area (Å²) < 4.78 is 0. The summed E-state index contributed by atoms with van der Waals surface area (Å²) in [7, 11) is 0. The topological polar surface area (TPSA) is 113 Å². The van der Waals surface area contributed by atoms with Crippen LogP contribution < -0.4 is 5.32 Å². The predicted molar refractivity (Wildman–Crippen MR) is 80.7 cm³/mol. The molecule has 0 saturated heterocycles. The Kier molecular flexibility index (Phi) is 6.46. The Morgan fingerprint density at radius 3 is 2.41 bits per heavy atom. The van der Waals surface area contributed by atoms with Crippen molar-refractivity contribution in [3.05, 3.63) is 34.4 Å². The molecule has 0 saturated carbocycles.